The number of fused-ring (bicyclic) bond motifs is 1. The molecule has 19 heavy (non-hydrogen) atoms. The van der Waals surface area contributed by atoms with Crippen LogP contribution in [0.2, 0.25) is 0 Å². The summed E-state index contributed by atoms with van der Waals surface area (Å²) in [6.45, 7) is 3.91. The number of ether oxygens (including phenoxy) is 3. The summed E-state index contributed by atoms with van der Waals surface area (Å²) in [5.41, 5.74) is 7.39. The zero-order valence-electron chi connectivity index (χ0n) is 11.2. The van der Waals surface area contributed by atoms with Gasteiger partial charge in [0, 0.05) is 18.7 Å². The third-order valence-electron chi connectivity index (χ3n) is 3.81. The van der Waals surface area contributed by atoms with Gasteiger partial charge in [-0.25, -0.2) is 0 Å². The van der Waals surface area contributed by atoms with Gasteiger partial charge in [0.05, 0.1) is 32.4 Å². The molecule has 1 aromatic rings. The highest BCUT2D eigenvalue weighted by Crippen LogP contribution is 2.37. The molecule has 2 aliphatic rings. The van der Waals surface area contributed by atoms with Crippen molar-refractivity contribution in [2.45, 2.75) is 12.1 Å². The molecule has 0 amide bonds. The largest absolute Gasteiger partial charge is 0.497 e. The fourth-order valence-electron chi connectivity index (χ4n) is 2.85. The topological polar surface area (TPSA) is 57.0 Å². The van der Waals surface area contributed by atoms with E-state index in [9.17, 15) is 0 Å². The number of hydrogen-bond acceptors (Lipinski definition) is 5. The molecule has 3 rings (SSSR count). The molecule has 2 unspecified atom stereocenters. The Morgan fingerprint density at radius 1 is 1.32 bits per heavy atom. The molecular formula is C14H20N2O3. The Hall–Kier alpha value is -1.30. The molecule has 5 heteroatoms. The Morgan fingerprint density at radius 3 is 2.84 bits per heavy atom. The van der Waals surface area contributed by atoms with Crippen LogP contribution in [-0.2, 0) is 4.74 Å². The van der Waals surface area contributed by atoms with Crippen LogP contribution in [0.5, 0.6) is 11.5 Å². The second kappa shape index (κ2) is 5.36. The summed E-state index contributed by atoms with van der Waals surface area (Å²) in [5, 5.41) is 0. The van der Waals surface area contributed by atoms with E-state index in [0.29, 0.717) is 6.61 Å². The van der Waals surface area contributed by atoms with Crippen LogP contribution < -0.4 is 15.2 Å². The molecule has 2 heterocycles. The van der Waals surface area contributed by atoms with Crippen molar-refractivity contribution < 1.29 is 14.2 Å². The summed E-state index contributed by atoms with van der Waals surface area (Å²) in [6.07, 6.45) is 0. The van der Waals surface area contributed by atoms with Crippen LogP contribution in [0.3, 0.4) is 0 Å². The van der Waals surface area contributed by atoms with E-state index in [4.69, 9.17) is 19.9 Å². The highest BCUT2D eigenvalue weighted by Gasteiger charge is 2.34. The monoisotopic (exact) mass is 264 g/mol. The number of nitrogens with zero attached hydrogens (tertiary/aromatic N) is 1. The summed E-state index contributed by atoms with van der Waals surface area (Å²) in [4.78, 5) is 2.38. The average molecular weight is 264 g/mol. The van der Waals surface area contributed by atoms with Crippen LogP contribution >= 0.6 is 0 Å². The Labute approximate surface area is 113 Å². The first kappa shape index (κ1) is 12.7. The van der Waals surface area contributed by atoms with E-state index >= 15 is 0 Å². The predicted molar refractivity (Wildman–Crippen MR) is 71.6 cm³/mol. The molecule has 1 aromatic carbocycles. The van der Waals surface area contributed by atoms with Crippen LogP contribution in [0.1, 0.15) is 11.6 Å². The molecule has 2 N–H and O–H groups in total. The summed E-state index contributed by atoms with van der Waals surface area (Å²) < 4.78 is 16.4. The van der Waals surface area contributed by atoms with Crippen molar-refractivity contribution in [2.24, 2.45) is 5.73 Å². The van der Waals surface area contributed by atoms with Gasteiger partial charge < -0.3 is 19.9 Å². The SMILES string of the molecule is COc1ccc2c(c1)C(N1CCOCC1)C(N)CO2. The lowest BCUT2D eigenvalue weighted by Crippen LogP contribution is -2.50. The minimum Gasteiger partial charge on any atom is -0.497 e. The summed E-state index contributed by atoms with van der Waals surface area (Å²) >= 11 is 0. The second-order valence-corrected chi connectivity index (χ2v) is 4.97. The summed E-state index contributed by atoms with van der Waals surface area (Å²) in [6, 6.07) is 6.09. The van der Waals surface area contributed by atoms with Gasteiger partial charge in [0.25, 0.3) is 0 Å². The second-order valence-electron chi connectivity index (χ2n) is 4.97. The van der Waals surface area contributed by atoms with Gasteiger partial charge in [0.2, 0.25) is 0 Å². The van der Waals surface area contributed by atoms with Crippen molar-refractivity contribution in [3.63, 3.8) is 0 Å². The van der Waals surface area contributed by atoms with Gasteiger partial charge in [-0.15, -0.1) is 0 Å². The Balaban J connectivity index is 1.94. The number of morpholine rings is 1. The van der Waals surface area contributed by atoms with Crippen molar-refractivity contribution in [1.82, 2.24) is 4.90 Å². The molecule has 2 atom stereocenters. The van der Waals surface area contributed by atoms with Gasteiger partial charge in [0.1, 0.15) is 18.1 Å². The van der Waals surface area contributed by atoms with Gasteiger partial charge >= 0.3 is 0 Å². The molecule has 0 radical (unpaired) electrons. The van der Waals surface area contributed by atoms with Crippen molar-refractivity contribution in [3.8, 4) is 11.5 Å². The first-order valence-electron chi connectivity index (χ1n) is 6.67. The van der Waals surface area contributed by atoms with Gasteiger partial charge in [-0.3, -0.25) is 4.90 Å². The van der Waals surface area contributed by atoms with Crippen LogP contribution in [0, 0.1) is 0 Å². The van der Waals surface area contributed by atoms with E-state index in [1.807, 2.05) is 18.2 Å². The Morgan fingerprint density at radius 2 is 2.11 bits per heavy atom. The molecule has 0 aliphatic carbocycles. The minimum atomic E-state index is -0.0160. The quantitative estimate of drug-likeness (QED) is 0.856. The fraction of sp³-hybridized carbons (Fsp3) is 0.571. The van der Waals surface area contributed by atoms with Crippen molar-refractivity contribution in [1.29, 1.82) is 0 Å². The lowest BCUT2D eigenvalue weighted by Gasteiger charge is -2.41. The van der Waals surface area contributed by atoms with Gasteiger partial charge in [-0.05, 0) is 18.2 Å². The van der Waals surface area contributed by atoms with Gasteiger partial charge in [-0.2, -0.15) is 0 Å². The fourth-order valence-corrected chi connectivity index (χ4v) is 2.85. The van der Waals surface area contributed by atoms with Crippen LogP contribution in [0.25, 0.3) is 0 Å². The number of nitrogens with two attached hydrogens (primary N) is 1. The third-order valence-corrected chi connectivity index (χ3v) is 3.81. The van der Waals surface area contributed by atoms with E-state index < -0.39 is 0 Å². The first-order chi connectivity index (χ1) is 9.29. The van der Waals surface area contributed by atoms with Crippen LogP contribution in [0.15, 0.2) is 18.2 Å². The highest BCUT2D eigenvalue weighted by atomic mass is 16.5. The Bertz CT molecular complexity index is 446. The molecule has 104 valence electrons. The molecule has 0 bridgehead atoms. The molecule has 2 aliphatic heterocycles. The average Bonchev–Trinajstić information content (AvgIpc) is 2.47. The lowest BCUT2D eigenvalue weighted by atomic mass is 9.94. The third kappa shape index (κ3) is 2.41. The molecule has 1 fully saturated rings. The van der Waals surface area contributed by atoms with E-state index in [2.05, 4.69) is 4.90 Å². The lowest BCUT2D eigenvalue weighted by molar-refractivity contribution is 0.00137. The molecule has 0 saturated carbocycles. The molecule has 0 aromatic heterocycles. The molecule has 0 spiro atoms. The first-order valence-corrected chi connectivity index (χ1v) is 6.67. The molecular weight excluding hydrogens is 244 g/mol. The molecule has 5 nitrogen and oxygen atoms in total. The zero-order chi connectivity index (χ0) is 13.2. The summed E-state index contributed by atoms with van der Waals surface area (Å²) in [5.74, 6) is 1.76. The van der Waals surface area contributed by atoms with E-state index in [1.54, 1.807) is 7.11 Å². The van der Waals surface area contributed by atoms with E-state index in [1.165, 1.54) is 0 Å². The number of benzene rings is 1. The maximum Gasteiger partial charge on any atom is 0.124 e. The normalized spacial score (nSPS) is 27.5. The van der Waals surface area contributed by atoms with Crippen LogP contribution in [0.4, 0.5) is 0 Å². The minimum absolute atomic E-state index is 0.0160. The number of methoxy groups -OCH3 is 1. The highest BCUT2D eigenvalue weighted by molar-refractivity contribution is 5.44. The van der Waals surface area contributed by atoms with Crippen molar-refractivity contribution >= 4 is 0 Å². The predicted octanol–water partition coefficient (Wildman–Crippen LogP) is 0.788. The van der Waals surface area contributed by atoms with Crippen LogP contribution in [-0.4, -0.2) is 51.0 Å². The van der Waals surface area contributed by atoms with E-state index in [-0.39, 0.29) is 12.1 Å². The van der Waals surface area contributed by atoms with E-state index in [0.717, 1.165) is 43.4 Å². The summed E-state index contributed by atoms with van der Waals surface area (Å²) in [7, 11) is 1.68. The van der Waals surface area contributed by atoms with Gasteiger partial charge in [-0.1, -0.05) is 0 Å². The molecule has 1 saturated heterocycles. The van der Waals surface area contributed by atoms with Gasteiger partial charge in [0.15, 0.2) is 0 Å². The van der Waals surface area contributed by atoms with Crippen molar-refractivity contribution in [3.05, 3.63) is 23.8 Å². The number of hydrogen-bond donors (Lipinski definition) is 1. The Kier molecular flexibility index (Phi) is 3.59. The maximum atomic E-state index is 6.27. The van der Waals surface area contributed by atoms with Crippen molar-refractivity contribution in [2.75, 3.05) is 40.0 Å². The maximum absolute atomic E-state index is 6.27. The standard InChI is InChI=1S/C14H20N2O3/c1-17-10-2-3-13-11(8-10)14(12(15)9-19-13)16-4-6-18-7-5-16/h2-3,8,12,14H,4-7,9,15H2,1H3. The number of rotatable bonds is 2. The zero-order valence-corrected chi connectivity index (χ0v) is 11.2. The smallest absolute Gasteiger partial charge is 0.124 e.